The number of aliphatic hydroxyl groups excluding tert-OH is 1. The minimum absolute atomic E-state index is 0.402. The summed E-state index contributed by atoms with van der Waals surface area (Å²) in [6.45, 7) is 1.82. The molecule has 2 rings (SSSR count). The van der Waals surface area contributed by atoms with Gasteiger partial charge in [-0.2, -0.15) is 5.10 Å². The lowest BCUT2D eigenvalue weighted by molar-refractivity contribution is 0.213. The highest BCUT2D eigenvalue weighted by molar-refractivity contribution is 6.42. The average Bonchev–Trinajstić information content (AvgIpc) is 2.66. The standard InChI is InChI=1S/C13H14Cl2N2O2/c1-7-11(13(19-3)17(2)16-7)12(18)8-4-5-9(14)10(15)6-8/h4-6,12,18H,1-3H3. The fourth-order valence-corrected chi connectivity index (χ4v) is 2.37. The largest absolute Gasteiger partial charge is 0.481 e. The van der Waals surface area contributed by atoms with Gasteiger partial charge in [0.15, 0.2) is 0 Å². The molecule has 0 saturated carbocycles. The Kier molecular flexibility index (Phi) is 4.04. The number of aliphatic hydroxyl groups is 1. The molecule has 0 spiro atoms. The summed E-state index contributed by atoms with van der Waals surface area (Å²) in [4.78, 5) is 0. The molecule has 0 aliphatic carbocycles. The normalized spacial score (nSPS) is 12.5. The number of hydrogen-bond donors (Lipinski definition) is 1. The molecule has 102 valence electrons. The van der Waals surface area contributed by atoms with Crippen molar-refractivity contribution in [3.8, 4) is 5.88 Å². The van der Waals surface area contributed by atoms with E-state index >= 15 is 0 Å². The Morgan fingerprint density at radius 1 is 1.32 bits per heavy atom. The highest BCUT2D eigenvalue weighted by atomic mass is 35.5. The molecule has 0 amide bonds. The van der Waals surface area contributed by atoms with Crippen molar-refractivity contribution in [2.45, 2.75) is 13.0 Å². The first-order valence-electron chi connectivity index (χ1n) is 5.66. The quantitative estimate of drug-likeness (QED) is 0.947. The summed E-state index contributed by atoms with van der Waals surface area (Å²) in [5.41, 5.74) is 1.98. The van der Waals surface area contributed by atoms with Crippen molar-refractivity contribution in [1.82, 2.24) is 9.78 Å². The van der Waals surface area contributed by atoms with Crippen molar-refractivity contribution in [2.75, 3.05) is 7.11 Å². The van der Waals surface area contributed by atoms with Crippen LogP contribution in [0.15, 0.2) is 18.2 Å². The lowest BCUT2D eigenvalue weighted by Crippen LogP contribution is -2.03. The van der Waals surface area contributed by atoms with Gasteiger partial charge < -0.3 is 9.84 Å². The first-order chi connectivity index (χ1) is 8.95. The van der Waals surface area contributed by atoms with Crippen LogP contribution in [0.25, 0.3) is 0 Å². The Bertz CT molecular complexity index is 611. The van der Waals surface area contributed by atoms with Crippen LogP contribution in [0, 0.1) is 6.92 Å². The average molecular weight is 301 g/mol. The van der Waals surface area contributed by atoms with Crippen LogP contribution >= 0.6 is 23.2 Å². The third-order valence-electron chi connectivity index (χ3n) is 2.94. The van der Waals surface area contributed by atoms with E-state index in [1.54, 1.807) is 37.0 Å². The highest BCUT2D eigenvalue weighted by Crippen LogP contribution is 2.34. The van der Waals surface area contributed by atoms with E-state index < -0.39 is 6.10 Å². The molecule has 1 aromatic heterocycles. The summed E-state index contributed by atoms with van der Waals surface area (Å²) in [6.07, 6.45) is -0.863. The molecule has 2 aromatic rings. The lowest BCUT2D eigenvalue weighted by atomic mass is 10.0. The molecular weight excluding hydrogens is 287 g/mol. The number of hydrogen-bond acceptors (Lipinski definition) is 3. The van der Waals surface area contributed by atoms with Gasteiger partial charge in [-0.05, 0) is 24.6 Å². The first-order valence-corrected chi connectivity index (χ1v) is 6.41. The Morgan fingerprint density at radius 2 is 2.00 bits per heavy atom. The predicted molar refractivity (Wildman–Crippen MR) is 75.0 cm³/mol. The molecule has 1 unspecified atom stereocenters. The second-order valence-corrected chi connectivity index (χ2v) is 5.02. The minimum Gasteiger partial charge on any atom is -0.481 e. The van der Waals surface area contributed by atoms with Crippen LogP contribution < -0.4 is 4.74 Å². The highest BCUT2D eigenvalue weighted by Gasteiger charge is 2.23. The van der Waals surface area contributed by atoms with Crippen LogP contribution in [-0.2, 0) is 7.05 Å². The second kappa shape index (κ2) is 5.41. The van der Waals surface area contributed by atoms with Crippen LogP contribution in [0.3, 0.4) is 0 Å². The summed E-state index contributed by atoms with van der Waals surface area (Å²) >= 11 is 11.8. The Balaban J connectivity index is 2.49. The van der Waals surface area contributed by atoms with Crippen molar-refractivity contribution < 1.29 is 9.84 Å². The topological polar surface area (TPSA) is 47.3 Å². The van der Waals surface area contributed by atoms with Gasteiger partial charge in [0.1, 0.15) is 6.10 Å². The van der Waals surface area contributed by atoms with Gasteiger partial charge in [0.2, 0.25) is 5.88 Å². The van der Waals surface area contributed by atoms with Crippen LogP contribution in [0.5, 0.6) is 5.88 Å². The molecule has 1 aromatic carbocycles. The van der Waals surface area contributed by atoms with E-state index in [1.807, 2.05) is 6.92 Å². The fraction of sp³-hybridized carbons (Fsp3) is 0.308. The molecule has 4 nitrogen and oxygen atoms in total. The van der Waals surface area contributed by atoms with Gasteiger partial charge in [-0.25, -0.2) is 4.68 Å². The predicted octanol–water partition coefficient (Wildman–Crippen LogP) is 3.13. The van der Waals surface area contributed by atoms with Crippen molar-refractivity contribution in [2.24, 2.45) is 7.05 Å². The molecule has 1 N–H and O–H groups in total. The van der Waals surface area contributed by atoms with Crippen molar-refractivity contribution in [3.05, 3.63) is 45.1 Å². The van der Waals surface area contributed by atoms with E-state index in [4.69, 9.17) is 27.9 Å². The number of halogens is 2. The molecule has 0 aliphatic heterocycles. The number of aryl methyl sites for hydroxylation is 2. The summed E-state index contributed by atoms with van der Waals surface area (Å²) in [6, 6.07) is 5.02. The molecule has 19 heavy (non-hydrogen) atoms. The lowest BCUT2D eigenvalue weighted by Gasteiger charge is -2.13. The number of rotatable bonds is 3. The van der Waals surface area contributed by atoms with Gasteiger partial charge in [0, 0.05) is 7.05 Å². The van der Waals surface area contributed by atoms with E-state index in [2.05, 4.69) is 5.10 Å². The van der Waals surface area contributed by atoms with Gasteiger partial charge in [-0.15, -0.1) is 0 Å². The smallest absolute Gasteiger partial charge is 0.217 e. The summed E-state index contributed by atoms with van der Waals surface area (Å²) in [5, 5.41) is 15.6. The van der Waals surface area contributed by atoms with E-state index in [0.29, 0.717) is 32.7 Å². The van der Waals surface area contributed by atoms with Gasteiger partial charge in [0.05, 0.1) is 28.4 Å². The Morgan fingerprint density at radius 3 is 2.58 bits per heavy atom. The number of methoxy groups -OCH3 is 1. The zero-order chi connectivity index (χ0) is 14.2. The number of benzene rings is 1. The van der Waals surface area contributed by atoms with Gasteiger partial charge in [-0.3, -0.25) is 0 Å². The second-order valence-electron chi connectivity index (χ2n) is 4.21. The van der Waals surface area contributed by atoms with Crippen molar-refractivity contribution >= 4 is 23.2 Å². The maximum absolute atomic E-state index is 10.5. The van der Waals surface area contributed by atoms with Crippen LogP contribution in [0.1, 0.15) is 22.9 Å². The maximum Gasteiger partial charge on any atom is 0.217 e. The van der Waals surface area contributed by atoms with Crippen LogP contribution in [0.4, 0.5) is 0 Å². The molecular formula is C13H14Cl2N2O2. The monoisotopic (exact) mass is 300 g/mol. The summed E-state index contributed by atoms with van der Waals surface area (Å²) in [5.74, 6) is 0.524. The third kappa shape index (κ3) is 2.56. The maximum atomic E-state index is 10.5. The first kappa shape index (κ1) is 14.2. The zero-order valence-electron chi connectivity index (χ0n) is 10.8. The van der Waals surface area contributed by atoms with Gasteiger partial charge in [0.25, 0.3) is 0 Å². The molecule has 0 bridgehead atoms. The van der Waals surface area contributed by atoms with E-state index in [1.165, 1.54) is 0 Å². The zero-order valence-corrected chi connectivity index (χ0v) is 12.3. The van der Waals surface area contributed by atoms with E-state index in [0.717, 1.165) is 0 Å². The third-order valence-corrected chi connectivity index (χ3v) is 3.68. The number of aromatic nitrogens is 2. The Hall–Kier alpha value is -1.23. The van der Waals surface area contributed by atoms with Crippen LogP contribution in [0.2, 0.25) is 10.0 Å². The van der Waals surface area contributed by atoms with Crippen molar-refractivity contribution in [1.29, 1.82) is 0 Å². The van der Waals surface area contributed by atoms with E-state index in [-0.39, 0.29) is 0 Å². The minimum atomic E-state index is -0.863. The van der Waals surface area contributed by atoms with Crippen LogP contribution in [-0.4, -0.2) is 22.0 Å². The fourth-order valence-electron chi connectivity index (χ4n) is 2.06. The molecule has 0 radical (unpaired) electrons. The van der Waals surface area contributed by atoms with Gasteiger partial charge in [-0.1, -0.05) is 29.3 Å². The van der Waals surface area contributed by atoms with Crippen molar-refractivity contribution in [3.63, 3.8) is 0 Å². The molecule has 0 fully saturated rings. The SMILES string of the molecule is COc1c(C(O)c2ccc(Cl)c(Cl)c2)c(C)nn1C. The molecule has 6 heteroatoms. The number of ether oxygens (including phenoxy) is 1. The Labute approximate surface area is 121 Å². The summed E-state index contributed by atoms with van der Waals surface area (Å²) in [7, 11) is 3.30. The molecule has 0 aliphatic rings. The van der Waals surface area contributed by atoms with Gasteiger partial charge >= 0.3 is 0 Å². The number of nitrogens with zero attached hydrogens (tertiary/aromatic N) is 2. The van der Waals surface area contributed by atoms with E-state index in [9.17, 15) is 5.11 Å². The molecule has 1 atom stereocenters. The summed E-state index contributed by atoms with van der Waals surface area (Å²) < 4.78 is 6.86. The molecule has 1 heterocycles. The molecule has 0 saturated heterocycles.